The summed E-state index contributed by atoms with van der Waals surface area (Å²) in [7, 11) is 0. The van der Waals surface area contributed by atoms with Crippen LogP contribution in [0.2, 0.25) is 4.71 Å². The molecule has 3 rings (SSSR count). The van der Waals surface area contributed by atoms with Gasteiger partial charge in [0.25, 0.3) is 0 Å². The normalized spacial score (nSPS) is 12.8. The van der Waals surface area contributed by atoms with E-state index in [0.29, 0.717) is 15.2 Å². The number of rotatable bonds is 5. The van der Waals surface area contributed by atoms with E-state index in [-0.39, 0.29) is 21.3 Å². The molecule has 2 aromatic heterocycles. The molecular formula is C18H14AsFN3OS. The van der Waals surface area contributed by atoms with Gasteiger partial charge >= 0.3 is 155 Å². The Bertz CT molecular complexity index is 980. The minimum absolute atomic E-state index is 0.0262. The number of aromatic nitrogens is 2. The number of halogens is 1. The van der Waals surface area contributed by atoms with Crippen LogP contribution in [0.4, 0.5) is 4.39 Å². The van der Waals surface area contributed by atoms with Crippen molar-refractivity contribution in [3.8, 4) is 6.07 Å². The Hall–Kier alpha value is -2.09. The Kier molecular flexibility index (Phi) is 5.27. The Morgan fingerprint density at radius 3 is 2.68 bits per heavy atom. The number of hydrogen-bond donors (Lipinski definition) is 0. The topological polar surface area (TPSA) is 66.6 Å². The van der Waals surface area contributed by atoms with Crippen LogP contribution in [0.15, 0.2) is 36.4 Å². The number of nitrogens with zero attached hydrogens (tertiary/aromatic N) is 3. The first kappa shape index (κ1) is 17.7. The quantitative estimate of drug-likeness (QED) is 0.474. The molecule has 0 aliphatic heterocycles. The van der Waals surface area contributed by atoms with Crippen molar-refractivity contribution in [3.63, 3.8) is 0 Å². The van der Waals surface area contributed by atoms with Gasteiger partial charge < -0.3 is 0 Å². The van der Waals surface area contributed by atoms with E-state index < -0.39 is 17.5 Å². The number of thiazole rings is 1. The van der Waals surface area contributed by atoms with Crippen molar-refractivity contribution in [3.05, 3.63) is 53.5 Å². The number of carbonyl (C=O) groups excluding carboxylic acids is 1. The van der Waals surface area contributed by atoms with Gasteiger partial charge in [-0.25, -0.2) is 0 Å². The van der Waals surface area contributed by atoms with Gasteiger partial charge in [-0.3, -0.25) is 0 Å². The van der Waals surface area contributed by atoms with E-state index >= 15 is 0 Å². The summed E-state index contributed by atoms with van der Waals surface area (Å²) in [4.78, 5) is 22.3. The average Bonchev–Trinajstić information content (AvgIpc) is 2.96. The molecule has 1 radical (unpaired) electrons. The third kappa shape index (κ3) is 3.78. The van der Waals surface area contributed by atoms with Gasteiger partial charge in [-0.15, -0.1) is 0 Å². The molecule has 2 heterocycles. The van der Waals surface area contributed by atoms with E-state index in [4.69, 9.17) is 0 Å². The molecule has 0 fully saturated rings. The number of nitriles is 1. The van der Waals surface area contributed by atoms with Crippen molar-refractivity contribution < 1.29 is 9.18 Å². The second kappa shape index (κ2) is 7.43. The molecule has 0 bridgehead atoms. The van der Waals surface area contributed by atoms with E-state index in [0.717, 1.165) is 9.31 Å². The molecule has 0 saturated carbocycles. The molecule has 1 atom stereocenters. The predicted octanol–water partition coefficient (Wildman–Crippen LogP) is 3.48. The van der Waals surface area contributed by atoms with Crippen LogP contribution in [0.3, 0.4) is 0 Å². The summed E-state index contributed by atoms with van der Waals surface area (Å²) in [5, 5.41) is 9.46. The first-order valence-electron chi connectivity index (χ1n) is 7.66. The van der Waals surface area contributed by atoms with Gasteiger partial charge in [0.05, 0.1) is 0 Å². The molecule has 25 heavy (non-hydrogen) atoms. The van der Waals surface area contributed by atoms with E-state index in [2.05, 4.69) is 23.8 Å². The van der Waals surface area contributed by atoms with Gasteiger partial charge in [0.1, 0.15) is 0 Å². The molecule has 0 saturated heterocycles. The molecule has 0 N–H and O–H groups in total. The first-order chi connectivity index (χ1) is 12.0. The van der Waals surface area contributed by atoms with Crippen molar-refractivity contribution in [2.24, 2.45) is 0 Å². The van der Waals surface area contributed by atoms with Crippen molar-refractivity contribution in [2.75, 3.05) is 0 Å². The van der Waals surface area contributed by atoms with Gasteiger partial charge in [-0.05, 0) is 0 Å². The zero-order chi connectivity index (χ0) is 18.0. The zero-order valence-corrected chi connectivity index (χ0v) is 16.3. The summed E-state index contributed by atoms with van der Waals surface area (Å²) in [6.07, 6.45) is 0. The summed E-state index contributed by atoms with van der Waals surface area (Å²) in [5.41, 5.74) is 1.01. The molecule has 0 aliphatic carbocycles. The van der Waals surface area contributed by atoms with Gasteiger partial charge in [0.2, 0.25) is 0 Å². The predicted molar refractivity (Wildman–Crippen MR) is 97.0 cm³/mol. The number of fused-ring (bicyclic) bond motifs is 1. The van der Waals surface area contributed by atoms with Crippen LogP contribution in [0.5, 0.6) is 0 Å². The third-order valence-electron chi connectivity index (χ3n) is 3.46. The van der Waals surface area contributed by atoms with E-state index in [1.807, 2.05) is 6.07 Å². The molecule has 4 nitrogen and oxygen atoms in total. The fourth-order valence-electron chi connectivity index (χ4n) is 2.33. The van der Waals surface area contributed by atoms with Crippen LogP contribution in [-0.2, 0) is 0 Å². The molecule has 0 spiro atoms. The van der Waals surface area contributed by atoms with Crippen molar-refractivity contribution >= 4 is 47.0 Å². The fraction of sp³-hybridized carbons (Fsp3) is 0.222. The Labute approximate surface area is 155 Å². The molecular weight excluding hydrogens is 400 g/mol. The summed E-state index contributed by atoms with van der Waals surface area (Å²) in [6.45, 7) is 4.31. The molecule has 1 aromatic carbocycles. The Balaban J connectivity index is 1.97. The SMILES string of the molecule is CC(C)[As]c1nc2ccc(C(C#N)C(=O)c3ccccc3F)nc2s1. The first-order valence-corrected chi connectivity index (χ1v) is 10.5. The van der Waals surface area contributed by atoms with Crippen molar-refractivity contribution in [1.82, 2.24) is 9.97 Å². The van der Waals surface area contributed by atoms with E-state index in [1.54, 1.807) is 18.2 Å². The van der Waals surface area contributed by atoms with Gasteiger partial charge in [-0.2, -0.15) is 0 Å². The minimum atomic E-state index is -1.13. The molecule has 125 valence electrons. The van der Waals surface area contributed by atoms with Crippen molar-refractivity contribution in [2.45, 2.75) is 24.5 Å². The second-order valence-corrected chi connectivity index (χ2v) is 10.9. The van der Waals surface area contributed by atoms with Crippen LogP contribution >= 0.6 is 11.3 Å². The standard InChI is InChI=1S/C18H14AsFN3OS/c1-10(2)19-18-23-15-8-7-14(22-17(15)25-18)12(9-21)16(24)11-5-3-4-6-13(11)20/h3-8,10,12H,1-2H3. The fourth-order valence-corrected chi connectivity index (χ4v) is 6.32. The summed E-state index contributed by atoms with van der Waals surface area (Å²) in [5.74, 6) is -2.34. The van der Waals surface area contributed by atoms with Gasteiger partial charge in [-0.1, -0.05) is 0 Å². The van der Waals surface area contributed by atoms with Gasteiger partial charge in [0, 0.05) is 0 Å². The maximum absolute atomic E-state index is 13.9. The van der Waals surface area contributed by atoms with Crippen LogP contribution < -0.4 is 3.80 Å². The van der Waals surface area contributed by atoms with Crippen molar-refractivity contribution in [1.29, 1.82) is 5.26 Å². The van der Waals surface area contributed by atoms with Gasteiger partial charge in [0.15, 0.2) is 0 Å². The van der Waals surface area contributed by atoms with Crippen LogP contribution in [0, 0.1) is 17.1 Å². The van der Waals surface area contributed by atoms with E-state index in [9.17, 15) is 14.4 Å². The van der Waals surface area contributed by atoms with Crippen LogP contribution in [0.25, 0.3) is 10.3 Å². The number of hydrogen-bond acceptors (Lipinski definition) is 5. The molecule has 0 aliphatic rings. The third-order valence-corrected chi connectivity index (χ3v) is 7.11. The summed E-state index contributed by atoms with van der Waals surface area (Å²) < 4.78 is 15.5. The molecule has 7 heteroatoms. The molecule has 1 unspecified atom stereocenters. The number of ketones is 1. The number of benzene rings is 1. The van der Waals surface area contributed by atoms with E-state index in [1.165, 1.54) is 29.5 Å². The Morgan fingerprint density at radius 1 is 1.24 bits per heavy atom. The number of carbonyl (C=O) groups is 1. The number of Topliss-reactive ketones (excluding diaryl/α,β-unsaturated/α-hetero) is 1. The monoisotopic (exact) mass is 414 g/mol. The average molecular weight is 414 g/mol. The van der Waals surface area contributed by atoms with Crippen LogP contribution in [0.1, 0.15) is 35.8 Å². The second-order valence-electron chi connectivity index (χ2n) is 5.69. The summed E-state index contributed by atoms with van der Waals surface area (Å²) in [6, 6.07) is 11.0. The molecule has 0 amide bonds. The maximum atomic E-state index is 13.9. The van der Waals surface area contributed by atoms with Crippen LogP contribution in [-0.4, -0.2) is 31.5 Å². The number of pyridine rings is 1. The summed E-state index contributed by atoms with van der Waals surface area (Å²) >= 11 is 1.48. The Morgan fingerprint density at radius 2 is 2.00 bits per heavy atom. The zero-order valence-electron chi connectivity index (χ0n) is 13.6. The molecule has 3 aromatic rings.